The Hall–Kier alpha value is -3.66. The minimum absolute atomic E-state index is 0.0156. The van der Waals surface area contributed by atoms with Gasteiger partial charge in [-0.15, -0.1) is 0 Å². The largest absolute Gasteiger partial charge is 0.394 e. The van der Waals surface area contributed by atoms with Crippen molar-refractivity contribution in [1.29, 1.82) is 0 Å². The van der Waals surface area contributed by atoms with Crippen molar-refractivity contribution in [1.82, 2.24) is 37.2 Å². The van der Waals surface area contributed by atoms with E-state index in [1.54, 1.807) is 0 Å². The second-order valence-corrected chi connectivity index (χ2v) is 13.6. The van der Waals surface area contributed by atoms with Crippen LogP contribution in [0.25, 0.3) is 0 Å². The van der Waals surface area contributed by atoms with Gasteiger partial charge in [0.2, 0.25) is 24.1 Å². The number of carbonyl (C=O) groups is 6. The third-order valence-corrected chi connectivity index (χ3v) is 8.81. The first-order valence-corrected chi connectivity index (χ1v) is 17.2. The molecule has 0 radical (unpaired) electrons. The van der Waals surface area contributed by atoms with Crippen LogP contribution in [0, 0.1) is 10.8 Å². The van der Waals surface area contributed by atoms with E-state index in [-0.39, 0.29) is 51.5 Å². The van der Waals surface area contributed by atoms with E-state index in [0.29, 0.717) is 6.41 Å². The van der Waals surface area contributed by atoms with Crippen LogP contribution < -0.4 is 43.0 Å². The molecule has 24 heteroatoms. The summed E-state index contributed by atoms with van der Waals surface area (Å²) in [6.07, 6.45) is -17.0. The average molecular weight is 801 g/mol. The summed E-state index contributed by atoms with van der Waals surface area (Å²) < 4.78 is 0. The highest BCUT2D eigenvalue weighted by Gasteiger charge is 2.38. The first kappa shape index (κ1) is 51.3. The summed E-state index contributed by atoms with van der Waals surface area (Å²) in [5.74, 6) is -4.08. The number of likely N-dealkylation sites (N-methyl/N-ethyl adjacent to an activating group) is 1. The van der Waals surface area contributed by atoms with Gasteiger partial charge in [0.1, 0.15) is 36.6 Å². The molecule has 0 rings (SSSR count). The van der Waals surface area contributed by atoms with Crippen molar-refractivity contribution in [3.63, 3.8) is 0 Å². The maximum atomic E-state index is 13.2. The molecular weight excluding hydrogens is 740 g/mol. The van der Waals surface area contributed by atoms with E-state index < -0.39 is 116 Å². The Labute approximate surface area is 317 Å². The first-order chi connectivity index (χ1) is 25.7. The van der Waals surface area contributed by atoms with Crippen LogP contribution >= 0.6 is 0 Å². The summed E-state index contributed by atoms with van der Waals surface area (Å²) in [5.41, 5.74) is 3.57. The van der Waals surface area contributed by atoms with Crippen LogP contribution in [-0.4, -0.2) is 208 Å². The number of nitrogens with one attached hydrogen (secondary N) is 7. The SMILES string of the molecule is CN[C@@H](CCC(=O)NCC(CN)(CNC=O)CNC(C)=O)C(=O)NCC(C)(CNC(=O)C(O)C(O)C(O)C(O)CO)CNC(=O)C(O)C(O)C(O)C(O)CO. The highest BCUT2D eigenvalue weighted by atomic mass is 16.4. The Kier molecular flexibility index (Phi) is 23.8. The van der Waals surface area contributed by atoms with Gasteiger partial charge in [0.25, 0.3) is 11.8 Å². The molecular formula is C31H60N8O16. The minimum atomic E-state index is -2.33. The molecule has 0 saturated heterocycles. The Balaban J connectivity index is 5.79. The lowest BCUT2D eigenvalue weighted by molar-refractivity contribution is -0.149. The van der Waals surface area contributed by atoms with Crippen LogP contribution in [0.2, 0.25) is 0 Å². The molecule has 6 amide bonds. The zero-order valence-corrected chi connectivity index (χ0v) is 31.1. The highest BCUT2D eigenvalue weighted by Crippen LogP contribution is 2.16. The zero-order chi connectivity index (χ0) is 42.5. The lowest BCUT2D eigenvalue weighted by Gasteiger charge is -2.33. The predicted molar refractivity (Wildman–Crippen MR) is 189 cm³/mol. The van der Waals surface area contributed by atoms with Gasteiger partial charge in [0.05, 0.1) is 19.3 Å². The summed E-state index contributed by atoms with van der Waals surface area (Å²) in [4.78, 5) is 73.6. The Morgan fingerprint density at radius 1 is 0.655 bits per heavy atom. The van der Waals surface area contributed by atoms with Crippen molar-refractivity contribution in [3.8, 4) is 0 Å². The molecule has 0 heterocycles. The smallest absolute Gasteiger partial charge is 0.251 e. The molecule has 0 aliphatic rings. The van der Waals surface area contributed by atoms with Crippen LogP contribution in [0.15, 0.2) is 0 Å². The molecule has 9 unspecified atom stereocenters. The van der Waals surface area contributed by atoms with E-state index in [2.05, 4.69) is 37.2 Å². The molecule has 0 saturated carbocycles. The number of nitrogens with two attached hydrogens (primary N) is 1. The van der Waals surface area contributed by atoms with Crippen molar-refractivity contribution in [2.45, 2.75) is 81.6 Å². The van der Waals surface area contributed by atoms with Gasteiger partial charge in [0.15, 0.2) is 12.2 Å². The van der Waals surface area contributed by atoms with Gasteiger partial charge in [-0.3, -0.25) is 28.8 Å². The van der Waals surface area contributed by atoms with Gasteiger partial charge in [-0.1, -0.05) is 6.92 Å². The molecule has 55 heavy (non-hydrogen) atoms. The van der Waals surface area contributed by atoms with Crippen molar-refractivity contribution in [2.24, 2.45) is 16.6 Å². The lowest BCUT2D eigenvalue weighted by Crippen LogP contribution is -2.57. The second kappa shape index (κ2) is 25.5. The molecule has 0 fully saturated rings. The molecule has 24 nitrogen and oxygen atoms in total. The number of hydrogen-bond acceptors (Lipinski definition) is 18. The van der Waals surface area contributed by atoms with E-state index in [9.17, 15) is 69.6 Å². The monoisotopic (exact) mass is 800 g/mol. The Bertz CT molecular complexity index is 1180. The van der Waals surface area contributed by atoms with Crippen LogP contribution in [0.5, 0.6) is 0 Å². The maximum Gasteiger partial charge on any atom is 0.251 e. The normalized spacial score (nSPS) is 18.6. The summed E-state index contributed by atoms with van der Waals surface area (Å²) in [5, 5.41) is 115. The standard InChI is InChI=1S/C31H60N8O16/c1-16(43)35-13-31(8-32,12-34-15-42)14-36-20(46)5-4-17(33-3)27(53)37-9-30(2,10-38-28(54)25(51)23(49)21(47)18(44)6-40)11-39-29(55)26(52)24(50)22(48)19(45)7-41/h15,17-19,21-26,33,40-41,44-45,47-52H,4-14,32H2,1-3H3,(H,34,42)(H,35,43)(H,36,46)(H,37,53)(H,38,54)(H,39,55)/t17-,18?,19?,21?,22?,23?,24?,25?,26?,30?,31?/m0/s1. The molecule has 0 aromatic rings. The Morgan fingerprint density at radius 3 is 1.47 bits per heavy atom. The van der Waals surface area contributed by atoms with Crippen LogP contribution in [-0.2, 0) is 28.8 Å². The zero-order valence-electron chi connectivity index (χ0n) is 31.1. The van der Waals surface area contributed by atoms with Gasteiger partial charge in [0, 0.05) is 70.0 Å². The summed E-state index contributed by atoms with van der Waals surface area (Å²) >= 11 is 0. The van der Waals surface area contributed by atoms with Crippen molar-refractivity contribution in [3.05, 3.63) is 0 Å². The van der Waals surface area contributed by atoms with E-state index in [4.69, 9.17) is 15.9 Å². The number of aliphatic hydroxyl groups is 10. The van der Waals surface area contributed by atoms with Gasteiger partial charge < -0.3 is 94.0 Å². The fraction of sp³-hybridized carbons (Fsp3) is 0.806. The number of amides is 6. The van der Waals surface area contributed by atoms with Gasteiger partial charge >= 0.3 is 0 Å². The first-order valence-electron chi connectivity index (χ1n) is 17.2. The fourth-order valence-electron chi connectivity index (χ4n) is 4.81. The number of carbonyl (C=O) groups excluding carboxylic acids is 6. The van der Waals surface area contributed by atoms with E-state index in [1.807, 2.05) is 0 Å². The van der Waals surface area contributed by atoms with Crippen molar-refractivity contribution in [2.75, 3.05) is 66.1 Å². The third kappa shape index (κ3) is 17.8. The quantitative estimate of drug-likeness (QED) is 0.0312. The molecule has 0 aromatic heterocycles. The summed E-state index contributed by atoms with van der Waals surface area (Å²) in [6, 6.07) is -0.984. The second-order valence-electron chi connectivity index (χ2n) is 13.6. The van der Waals surface area contributed by atoms with Crippen molar-refractivity contribution < 1.29 is 79.8 Å². The van der Waals surface area contributed by atoms with Gasteiger partial charge in [-0.25, -0.2) is 0 Å². The third-order valence-electron chi connectivity index (χ3n) is 8.81. The molecule has 19 N–H and O–H groups in total. The summed E-state index contributed by atoms with van der Waals surface area (Å²) in [7, 11) is 1.43. The van der Waals surface area contributed by atoms with E-state index in [0.717, 1.165) is 0 Å². The fourth-order valence-corrected chi connectivity index (χ4v) is 4.81. The molecule has 320 valence electrons. The van der Waals surface area contributed by atoms with E-state index >= 15 is 0 Å². The molecule has 0 aliphatic heterocycles. The summed E-state index contributed by atoms with van der Waals surface area (Å²) in [6.45, 7) is -0.633. The topological polar surface area (TPSA) is 415 Å². The van der Waals surface area contributed by atoms with Gasteiger partial charge in [-0.2, -0.15) is 0 Å². The maximum absolute atomic E-state index is 13.2. The predicted octanol–water partition coefficient (Wildman–Crippen LogP) is -10.5. The molecule has 0 spiro atoms. The highest BCUT2D eigenvalue weighted by molar-refractivity contribution is 5.84. The number of aliphatic hydroxyl groups excluding tert-OH is 10. The molecule has 10 atom stereocenters. The molecule has 0 aliphatic carbocycles. The minimum Gasteiger partial charge on any atom is -0.394 e. The van der Waals surface area contributed by atoms with Crippen LogP contribution in [0.4, 0.5) is 0 Å². The van der Waals surface area contributed by atoms with Crippen LogP contribution in [0.1, 0.15) is 26.7 Å². The lowest BCUT2D eigenvalue weighted by atomic mass is 9.87. The Morgan fingerprint density at radius 2 is 1.09 bits per heavy atom. The number of rotatable bonds is 29. The van der Waals surface area contributed by atoms with Crippen LogP contribution in [0.3, 0.4) is 0 Å². The van der Waals surface area contributed by atoms with E-state index in [1.165, 1.54) is 20.9 Å². The molecule has 0 bridgehead atoms. The average Bonchev–Trinajstić information content (AvgIpc) is 3.18. The van der Waals surface area contributed by atoms with Gasteiger partial charge in [-0.05, 0) is 13.5 Å². The molecule has 0 aromatic carbocycles. The van der Waals surface area contributed by atoms with Crippen molar-refractivity contribution >= 4 is 35.9 Å². The number of hydrogen-bond donors (Lipinski definition) is 18.